The number of hydrogen-bond acceptors (Lipinski definition) is 3. The second kappa shape index (κ2) is 14.6. The molecule has 1 aromatic rings. The van der Waals surface area contributed by atoms with Crippen LogP contribution in [0.1, 0.15) is 120 Å². The quantitative estimate of drug-likeness (QED) is 0.118. The zero-order chi connectivity index (χ0) is 35.7. The Labute approximate surface area is 275 Å². The number of phenols is 1. The van der Waals surface area contributed by atoms with Crippen LogP contribution in [0, 0.1) is 29.1 Å². The molecule has 0 aromatic heterocycles. The van der Waals surface area contributed by atoms with Gasteiger partial charge in [0.2, 0.25) is 0 Å². The number of aromatic hydroxyl groups is 1. The molecule has 4 rings (SSSR count). The van der Waals surface area contributed by atoms with Gasteiger partial charge in [0.25, 0.3) is 0 Å². The summed E-state index contributed by atoms with van der Waals surface area (Å²) < 4.78 is 118. The van der Waals surface area contributed by atoms with Gasteiger partial charge in [0.05, 0.1) is 12.0 Å². The van der Waals surface area contributed by atoms with Crippen molar-refractivity contribution >= 4 is 5.97 Å². The maximum atomic E-state index is 13.9. The third-order valence-electron chi connectivity index (χ3n) is 11.8. The Hall–Kier alpha value is -2.18. The molecule has 2 fully saturated rings. The van der Waals surface area contributed by atoms with Crippen molar-refractivity contribution in [3.63, 3.8) is 0 Å². The molecule has 3 N–H and O–H groups in total. The van der Waals surface area contributed by atoms with Gasteiger partial charge >= 0.3 is 29.9 Å². The molecule has 7 atom stereocenters. The smallest absolute Gasteiger partial charge is 0.460 e. The number of rotatable bonds is 16. The molecule has 0 heterocycles. The van der Waals surface area contributed by atoms with Crippen molar-refractivity contribution in [1.29, 1.82) is 0 Å². The van der Waals surface area contributed by atoms with Crippen molar-refractivity contribution in [2.24, 2.45) is 29.1 Å². The van der Waals surface area contributed by atoms with Gasteiger partial charge in [-0.2, -0.15) is 39.5 Å². The topological polar surface area (TPSA) is 77.8 Å². The Bertz CT molecular complexity index is 1250. The highest BCUT2D eigenvalue weighted by Crippen LogP contribution is 2.63. The maximum absolute atomic E-state index is 13.9. The SMILES string of the molecule is C[C@]12CCC3c4ccc(O)cc4CC(CCCCCCCCC[C@H](CCC(F)(F)C(F)(F)C(F)(F)C(F)(F)F)C(=O)O)C3C1CCC2O. The van der Waals surface area contributed by atoms with Gasteiger partial charge in [-0.25, -0.2) is 0 Å². The number of aliphatic hydroxyl groups is 1. The number of carboxylic acids is 1. The van der Waals surface area contributed by atoms with Crippen LogP contribution in [0.3, 0.4) is 0 Å². The van der Waals surface area contributed by atoms with E-state index in [2.05, 4.69) is 13.0 Å². The van der Waals surface area contributed by atoms with Crippen LogP contribution < -0.4 is 0 Å². The summed E-state index contributed by atoms with van der Waals surface area (Å²) in [5.41, 5.74) is 2.47. The standard InChI is InChI=1S/C35H47F9O4/c1-31-17-16-26-25-12-11-24(45)20-23(25)19-22(29(26)27(31)13-14-28(31)46)10-8-6-4-2-3-5-7-9-21(30(47)48)15-18-32(36,37)33(38,39)34(40,41)35(42,43)44/h11-12,20-22,26-29,45-46H,2-10,13-19H2,1H3,(H,47,48)/t21-,22?,26?,27?,28?,29?,31+/m1/s1. The predicted molar refractivity (Wildman–Crippen MR) is 160 cm³/mol. The number of carboxylic acid groups (broad SMARTS) is 1. The van der Waals surface area contributed by atoms with E-state index < -0.39 is 48.7 Å². The Balaban J connectivity index is 1.20. The van der Waals surface area contributed by atoms with E-state index in [-0.39, 0.29) is 30.1 Å². The number of aliphatic hydroxyl groups excluding tert-OH is 1. The van der Waals surface area contributed by atoms with Crippen LogP contribution in [0.5, 0.6) is 5.75 Å². The van der Waals surface area contributed by atoms with Crippen LogP contribution in [0.25, 0.3) is 0 Å². The van der Waals surface area contributed by atoms with E-state index in [1.54, 1.807) is 6.07 Å². The van der Waals surface area contributed by atoms with Crippen molar-refractivity contribution < 1.29 is 59.6 Å². The predicted octanol–water partition coefficient (Wildman–Crippen LogP) is 10.3. The molecule has 13 heteroatoms. The molecule has 1 aromatic carbocycles. The van der Waals surface area contributed by atoms with Crippen molar-refractivity contribution in [2.45, 2.75) is 146 Å². The van der Waals surface area contributed by atoms with Gasteiger partial charge in [-0.1, -0.05) is 57.9 Å². The molecule has 274 valence electrons. The first kappa shape index (κ1) is 38.6. The average molecular weight is 703 g/mol. The zero-order valence-electron chi connectivity index (χ0n) is 27.2. The highest BCUT2D eigenvalue weighted by atomic mass is 19.4. The van der Waals surface area contributed by atoms with Crippen molar-refractivity contribution in [1.82, 2.24) is 0 Å². The molecule has 3 aliphatic rings. The number of fused-ring (bicyclic) bond motifs is 5. The molecule has 0 spiro atoms. The van der Waals surface area contributed by atoms with E-state index >= 15 is 0 Å². The van der Waals surface area contributed by atoms with Crippen LogP contribution in [0.15, 0.2) is 18.2 Å². The first-order valence-electron chi connectivity index (χ1n) is 17.2. The molecule has 0 saturated heterocycles. The Kier molecular flexibility index (Phi) is 11.7. The van der Waals surface area contributed by atoms with Gasteiger partial charge < -0.3 is 15.3 Å². The van der Waals surface area contributed by atoms with Crippen LogP contribution in [0.2, 0.25) is 0 Å². The van der Waals surface area contributed by atoms with Crippen molar-refractivity contribution in [3.05, 3.63) is 29.3 Å². The second-order valence-corrected chi connectivity index (χ2v) is 14.8. The number of benzene rings is 1. The summed E-state index contributed by atoms with van der Waals surface area (Å²) in [7, 11) is 0. The first-order valence-corrected chi connectivity index (χ1v) is 17.2. The average Bonchev–Trinajstić information content (AvgIpc) is 3.30. The molecule has 0 aliphatic heterocycles. The number of phenolic OH excluding ortho intramolecular Hbond substituents is 1. The van der Waals surface area contributed by atoms with Gasteiger partial charge in [-0.15, -0.1) is 0 Å². The fraction of sp³-hybridized carbons (Fsp3) is 0.800. The maximum Gasteiger partial charge on any atom is 0.460 e. The summed E-state index contributed by atoms with van der Waals surface area (Å²) in [5.74, 6) is -20.6. The Morgan fingerprint density at radius 2 is 1.50 bits per heavy atom. The van der Waals surface area contributed by atoms with Crippen LogP contribution in [0.4, 0.5) is 39.5 Å². The molecule has 0 radical (unpaired) electrons. The Morgan fingerprint density at radius 3 is 2.12 bits per heavy atom. The van der Waals surface area contributed by atoms with Gasteiger partial charge in [0, 0.05) is 6.42 Å². The van der Waals surface area contributed by atoms with Gasteiger partial charge in [-0.3, -0.25) is 4.79 Å². The van der Waals surface area contributed by atoms with E-state index in [0.29, 0.717) is 36.5 Å². The fourth-order valence-corrected chi connectivity index (χ4v) is 9.02. The lowest BCUT2D eigenvalue weighted by Gasteiger charge is -2.53. The summed E-state index contributed by atoms with van der Waals surface area (Å²) in [5, 5.41) is 30.3. The lowest BCUT2D eigenvalue weighted by molar-refractivity contribution is -0.396. The lowest BCUT2D eigenvalue weighted by Crippen LogP contribution is -2.60. The molecule has 4 nitrogen and oxygen atoms in total. The third kappa shape index (κ3) is 7.60. The number of aliphatic carboxylic acids is 1. The van der Waals surface area contributed by atoms with E-state index in [0.717, 1.165) is 64.2 Å². The number of hydrogen-bond donors (Lipinski definition) is 3. The molecule has 0 bridgehead atoms. The normalized spacial score (nSPS) is 28.4. The summed E-state index contributed by atoms with van der Waals surface area (Å²) in [6.45, 7) is 2.24. The van der Waals surface area contributed by atoms with E-state index in [9.17, 15) is 59.6 Å². The Morgan fingerprint density at radius 1 is 0.875 bits per heavy atom. The largest absolute Gasteiger partial charge is 0.508 e. The molecule has 3 aliphatic carbocycles. The van der Waals surface area contributed by atoms with E-state index in [1.807, 2.05) is 6.07 Å². The molecular formula is C35H47F9O4. The minimum Gasteiger partial charge on any atom is -0.508 e. The summed E-state index contributed by atoms with van der Waals surface area (Å²) in [4.78, 5) is 11.5. The summed E-state index contributed by atoms with van der Waals surface area (Å²) in [6.07, 6.45) is 0.306. The van der Waals surface area contributed by atoms with Crippen molar-refractivity contribution in [3.8, 4) is 5.75 Å². The highest BCUT2D eigenvalue weighted by molar-refractivity contribution is 5.69. The number of carbonyl (C=O) groups is 1. The highest BCUT2D eigenvalue weighted by Gasteiger charge is 2.81. The zero-order valence-corrected chi connectivity index (χ0v) is 27.2. The number of alkyl halides is 9. The van der Waals surface area contributed by atoms with E-state index in [1.165, 1.54) is 11.1 Å². The second-order valence-electron chi connectivity index (χ2n) is 14.8. The van der Waals surface area contributed by atoms with Crippen molar-refractivity contribution in [2.75, 3.05) is 0 Å². The number of unbranched alkanes of at least 4 members (excludes halogenated alkanes) is 6. The molecular weight excluding hydrogens is 655 g/mol. The number of halogens is 9. The fourth-order valence-electron chi connectivity index (χ4n) is 9.02. The summed E-state index contributed by atoms with van der Waals surface area (Å²) in [6, 6.07) is 5.72. The van der Waals surface area contributed by atoms with Crippen LogP contribution in [-0.2, 0) is 11.2 Å². The third-order valence-corrected chi connectivity index (χ3v) is 11.8. The summed E-state index contributed by atoms with van der Waals surface area (Å²) >= 11 is 0. The molecule has 48 heavy (non-hydrogen) atoms. The van der Waals surface area contributed by atoms with Gasteiger partial charge in [0.15, 0.2) is 0 Å². The molecule has 5 unspecified atom stereocenters. The van der Waals surface area contributed by atoms with Gasteiger partial charge in [0.1, 0.15) is 5.75 Å². The van der Waals surface area contributed by atoms with E-state index in [4.69, 9.17) is 0 Å². The van der Waals surface area contributed by atoms with Crippen LogP contribution in [-0.4, -0.2) is 51.3 Å². The monoisotopic (exact) mass is 702 g/mol. The lowest BCUT2D eigenvalue weighted by atomic mass is 9.52. The molecule has 2 saturated carbocycles. The molecule has 0 amide bonds. The minimum atomic E-state index is -6.98. The minimum absolute atomic E-state index is 0.0682. The van der Waals surface area contributed by atoms with Gasteiger partial charge in [-0.05, 0) is 104 Å². The first-order chi connectivity index (χ1) is 22.2. The van der Waals surface area contributed by atoms with Crippen LogP contribution >= 0.6 is 0 Å².